The van der Waals surface area contributed by atoms with Gasteiger partial charge in [0.2, 0.25) is 0 Å². The van der Waals surface area contributed by atoms with Crippen molar-refractivity contribution in [3.05, 3.63) is 52.3 Å². The SMILES string of the molecule is Cl.NCc1cnccc1Oc1cc(Cl)ccc1Cl. The summed E-state index contributed by atoms with van der Waals surface area (Å²) in [7, 11) is 0. The van der Waals surface area contributed by atoms with Crippen LogP contribution < -0.4 is 10.5 Å². The van der Waals surface area contributed by atoms with Gasteiger partial charge < -0.3 is 10.5 Å². The largest absolute Gasteiger partial charge is 0.455 e. The number of hydrogen-bond acceptors (Lipinski definition) is 3. The third-order valence-corrected chi connectivity index (χ3v) is 2.74. The van der Waals surface area contributed by atoms with Crippen LogP contribution in [0.25, 0.3) is 0 Å². The summed E-state index contributed by atoms with van der Waals surface area (Å²) in [6, 6.07) is 6.78. The molecule has 2 rings (SSSR count). The molecule has 1 aromatic heterocycles. The fourth-order valence-electron chi connectivity index (χ4n) is 1.34. The molecule has 0 amide bonds. The van der Waals surface area contributed by atoms with Gasteiger partial charge in [-0.25, -0.2) is 0 Å². The van der Waals surface area contributed by atoms with Gasteiger partial charge in [-0.1, -0.05) is 23.2 Å². The van der Waals surface area contributed by atoms with Gasteiger partial charge >= 0.3 is 0 Å². The zero-order valence-corrected chi connectivity index (χ0v) is 11.6. The number of nitrogens with zero attached hydrogens (tertiary/aromatic N) is 1. The Morgan fingerprint density at radius 3 is 2.67 bits per heavy atom. The molecule has 0 aliphatic heterocycles. The van der Waals surface area contributed by atoms with E-state index in [1.807, 2.05) is 0 Å². The third-order valence-electron chi connectivity index (χ3n) is 2.19. The van der Waals surface area contributed by atoms with E-state index in [1.165, 1.54) is 0 Å². The molecule has 0 aliphatic carbocycles. The van der Waals surface area contributed by atoms with Crippen LogP contribution in [0.5, 0.6) is 11.5 Å². The fraction of sp³-hybridized carbons (Fsp3) is 0.0833. The van der Waals surface area contributed by atoms with E-state index < -0.39 is 0 Å². The lowest BCUT2D eigenvalue weighted by Crippen LogP contribution is -2.00. The van der Waals surface area contributed by atoms with Crippen molar-refractivity contribution in [2.75, 3.05) is 0 Å². The average Bonchev–Trinajstić information content (AvgIpc) is 2.34. The van der Waals surface area contributed by atoms with Crippen LogP contribution >= 0.6 is 35.6 Å². The Morgan fingerprint density at radius 2 is 1.94 bits per heavy atom. The Balaban J connectivity index is 0.00000162. The van der Waals surface area contributed by atoms with Crippen molar-refractivity contribution in [3.63, 3.8) is 0 Å². The number of aromatic nitrogens is 1. The maximum absolute atomic E-state index is 6.01. The molecule has 18 heavy (non-hydrogen) atoms. The highest BCUT2D eigenvalue weighted by Crippen LogP contribution is 2.32. The van der Waals surface area contributed by atoms with Gasteiger partial charge in [-0.2, -0.15) is 0 Å². The highest BCUT2D eigenvalue weighted by atomic mass is 35.5. The topological polar surface area (TPSA) is 48.1 Å². The van der Waals surface area contributed by atoms with Crippen molar-refractivity contribution in [3.8, 4) is 11.5 Å². The summed E-state index contributed by atoms with van der Waals surface area (Å²) in [5.41, 5.74) is 6.40. The zero-order chi connectivity index (χ0) is 12.3. The predicted molar refractivity (Wildman–Crippen MR) is 75.9 cm³/mol. The van der Waals surface area contributed by atoms with Crippen LogP contribution in [0.4, 0.5) is 0 Å². The van der Waals surface area contributed by atoms with Gasteiger partial charge in [0.15, 0.2) is 0 Å². The highest BCUT2D eigenvalue weighted by Gasteiger charge is 2.07. The molecule has 0 unspecified atom stereocenters. The molecule has 0 saturated heterocycles. The molecule has 1 heterocycles. The van der Waals surface area contributed by atoms with Crippen LogP contribution in [0.15, 0.2) is 36.7 Å². The van der Waals surface area contributed by atoms with Crippen molar-refractivity contribution in [1.82, 2.24) is 4.98 Å². The van der Waals surface area contributed by atoms with Crippen LogP contribution in [-0.4, -0.2) is 4.98 Å². The maximum Gasteiger partial charge on any atom is 0.147 e. The van der Waals surface area contributed by atoms with Crippen molar-refractivity contribution in [2.24, 2.45) is 5.73 Å². The standard InChI is InChI=1S/C12H10Cl2N2O.ClH/c13-9-1-2-10(14)12(5-9)17-11-3-4-16-7-8(11)6-15;/h1-5,7H,6,15H2;1H. The summed E-state index contributed by atoms with van der Waals surface area (Å²) in [6.07, 6.45) is 3.29. The summed E-state index contributed by atoms with van der Waals surface area (Å²) in [5, 5.41) is 1.06. The van der Waals surface area contributed by atoms with E-state index in [0.29, 0.717) is 28.1 Å². The first-order valence-corrected chi connectivity index (χ1v) is 5.72. The molecular weight excluding hydrogens is 295 g/mol. The summed E-state index contributed by atoms with van der Waals surface area (Å²) in [5.74, 6) is 1.13. The van der Waals surface area contributed by atoms with E-state index in [2.05, 4.69) is 4.98 Å². The molecule has 96 valence electrons. The molecule has 3 nitrogen and oxygen atoms in total. The predicted octanol–water partition coefficient (Wildman–Crippen LogP) is 4.06. The number of pyridine rings is 1. The minimum Gasteiger partial charge on any atom is -0.455 e. The number of rotatable bonds is 3. The quantitative estimate of drug-likeness (QED) is 0.930. The minimum absolute atomic E-state index is 0. The normalized spacial score (nSPS) is 9.72. The van der Waals surface area contributed by atoms with Gasteiger partial charge in [0.1, 0.15) is 11.5 Å². The van der Waals surface area contributed by atoms with Crippen LogP contribution in [0.2, 0.25) is 10.0 Å². The lowest BCUT2D eigenvalue weighted by molar-refractivity contribution is 0.475. The van der Waals surface area contributed by atoms with Crippen molar-refractivity contribution in [2.45, 2.75) is 6.54 Å². The van der Waals surface area contributed by atoms with Crippen LogP contribution in [0.3, 0.4) is 0 Å². The first-order chi connectivity index (χ1) is 8.20. The molecule has 0 spiro atoms. The second kappa shape index (κ2) is 6.81. The second-order valence-corrected chi connectivity index (χ2v) is 4.21. The van der Waals surface area contributed by atoms with E-state index in [1.54, 1.807) is 36.7 Å². The van der Waals surface area contributed by atoms with Gasteiger partial charge in [0.25, 0.3) is 0 Å². The first-order valence-electron chi connectivity index (χ1n) is 4.96. The summed E-state index contributed by atoms with van der Waals surface area (Å²) in [4.78, 5) is 3.98. The monoisotopic (exact) mass is 304 g/mol. The molecule has 0 fully saturated rings. The number of nitrogens with two attached hydrogens (primary N) is 1. The van der Waals surface area contributed by atoms with E-state index in [0.717, 1.165) is 5.56 Å². The lowest BCUT2D eigenvalue weighted by atomic mass is 10.2. The Kier molecular flexibility index (Phi) is 5.69. The fourth-order valence-corrected chi connectivity index (χ4v) is 1.66. The van der Waals surface area contributed by atoms with E-state index in [9.17, 15) is 0 Å². The van der Waals surface area contributed by atoms with E-state index >= 15 is 0 Å². The Labute approximate surface area is 121 Å². The Morgan fingerprint density at radius 1 is 1.17 bits per heavy atom. The minimum atomic E-state index is 0. The Bertz CT molecular complexity index is 534. The first kappa shape index (κ1) is 15.1. The summed E-state index contributed by atoms with van der Waals surface area (Å²) >= 11 is 11.9. The van der Waals surface area contributed by atoms with Crippen molar-refractivity contribution in [1.29, 1.82) is 0 Å². The molecule has 0 bridgehead atoms. The second-order valence-electron chi connectivity index (χ2n) is 3.36. The molecule has 6 heteroatoms. The lowest BCUT2D eigenvalue weighted by Gasteiger charge is -2.10. The van der Waals surface area contributed by atoms with Gasteiger partial charge in [-0.3, -0.25) is 4.98 Å². The van der Waals surface area contributed by atoms with E-state index in [4.69, 9.17) is 33.7 Å². The molecule has 0 saturated carbocycles. The molecular formula is C12H11Cl3N2O. The highest BCUT2D eigenvalue weighted by molar-refractivity contribution is 6.34. The molecule has 2 N–H and O–H groups in total. The van der Waals surface area contributed by atoms with Gasteiger partial charge in [0, 0.05) is 35.6 Å². The van der Waals surface area contributed by atoms with Crippen LogP contribution in [0.1, 0.15) is 5.56 Å². The van der Waals surface area contributed by atoms with Gasteiger partial charge in [-0.15, -0.1) is 12.4 Å². The zero-order valence-electron chi connectivity index (χ0n) is 9.27. The maximum atomic E-state index is 6.01. The smallest absolute Gasteiger partial charge is 0.147 e. The van der Waals surface area contributed by atoms with E-state index in [-0.39, 0.29) is 12.4 Å². The van der Waals surface area contributed by atoms with Crippen LogP contribution in [-0.2, 0) is 6.54 Å². The number of ether oxygens (including phenoxy) is 1. The summed E-state index contributed by atoms with van der Waals surface area (Å²) in [6.45, 7) is 0.349. The molecule has 0 radical (unpaired) electrons. The van der Waals surface area contributed by atoms with Gasteiger partial charge in [0.05, 0.1) is 5.02 Å². The van der Waals surface area contributed by atoms with Gasteiger partial charge in [-0.05, 0) is 18.2 Å². The van der Waals surface area contributed by atoms with Crippen LogP contribution in [0, 0.1) is 0 Å². The average molecular weight is 306 g/mol. The number of benzene rings is 1. The molecule has 0 aliphatic rings. The molecule has 1 aromatic carbocycles. The van der Waals surface area contributed by atoms with Crippen molar-refractivity contribution >= 4 is 35.6 Å². The number of halogens is 3. The molecule has 0 atom stereocenters. The van der Waals surface area contributed by atoms with Crippen molar-refractivity contribution < 1.29 is 4.74 Å². The summed E-state index contributed by atoms with van der Waals surface area (Å²) < 4.78 is 5.68. The Hall–Kier alpha value is -1.000. The third kappa shape index (κ3) is 3.50. The molecule has 2 aromatic rings. The number of hydrogen-bond donors (Lipinski definition) is 1.